The molecule has 0 saturated heterocycles. The van der Waals surface area contributed by atoms with Gasteiger partial charge in [-0.1, -0.05) is 28.1 Å². The van der Waals surface area contributed by atoms with Gasteiger partial charge in [0.25, 0.3) is 5.91 Å². The average molecular weight is 484 g/mol. The number of carbonyl (C=O) groups excluding carboxylic acids is 2. The molecule has 0 bridgehead atoms. The Labute approximate surface area is 178 Å². The highest BCUT2D eigenvalue weighted by Crippen LogP contribution is 2.16. The number of benzene rings is 2. The molecule has 2 aromatic rings. The van der Waals surface area contributed by atoms with Crippen LogP contribution in [0.5, 0.6) is 5.75 Å². The molecule has 2 amide bonds. The van der Waals surface area contributed by atoms with Gasteiger partial charge in [-0.3, -0.25) is 20.4 Å². The number of hydrazine groups is 1. The summed E-state index contributed by atoms with van der Waals surface area (Å²) in [7, 11) is -3.72. The Kier molecular flexibility index (Phi) is 8.18. The minimum atomic E-state index is -3.72. The van der Waals surface area contributed by atoms with Crippen LogP contribution in [0.15, 0.2) is 51.8 Å². The van der Waals surface area contributed by atoms with E-state index >= 15 is 0 Å². The minimum absolute atomic E-state index is 0.0871. The molecular formula is C19H22BrN3O5S. The molecule has 0 saturated carbocycles. The summed E-state index contributed by atoms with van der Waals surface area (Å²) in [6, 6.07) is 11.7. The molecule has 0 fully saturated rings. The molecule has 0 radical (unpaired) electrons. The number of ether oxygens (including phenoxy) is 1. The smallest absolute Gasteiger partial charge is 0.276 e. The number of hydrogen-bond donors (Lipinski definition) is 3. The summed E-state index contributed by atoms with van der Waals surface area (Å²) in [5.74, 6) is -0.524. The van der Waals surface area contributed by atoms with Crippen LogP contribution in [-0.4, -0.2) is 33.4 Å². The third-order valence-corrected chi connectivity index (χ3v) is 5.89. The molecule has 0 unspecified atom stereocenters. The van der Waals surface area contributed by atoms with Crippen molar-refractivity contribution in [3.05, 3.63) is 58.1 Å². The maximum absolute atomic E-state index is 12.1. The fourth-order valence-corrected chi connectivity index (χ4v) is 3.84. The first-order valence-electron chi connectivity index (χ1n) is 8.70. The Bertz CT molecular complexity index is 995. The van der Waals surface area contributed by atoms with Crippen LogP contribution in [-0.2, 0) is 19.6 Å². The summed E-state index contributed by atoms with van der Waals surface area (Å²) in [5, 5.41) is 0. The lowest BCUT2D eigenvalue weighted by molar-refractivity contribution is -0.129. The molecule has 0 spiro atoms. The number of rotatable bonds is 8. The zero-order valence-corrected chi connectivity index (χ0v) is 18.4. The second kappa shape index (κ2) is 10.4. The summed E-state index contributed by atoms with van der Waals surface area (Å²) < 4.78 is 32.6. The van der Waals surface area contributed by atoms with Crippen molar-refractivity contribution in [3.8, 4) is 5.75 Å². The molecule has 0 aromatic heterocycles. The van der Waals surface area contributed by atoms with E-state index in [1.54, 1.807) is 18.2 Å². The lowest BCUT2D eigenvalue weighted by Gasteiger charge is -2.10. The predicted molar refractivity (Wildman–Crippen MR) is 112 cm³/mol. The number of nitrogens with one attached hydrogen (secondary N) is 3. The number of halogens is 1. The van der Waals surface area contributed by atoms with Crippen molar-refractivity contribution in [2.45, 2.75) is 25.2 Å². The van der Waals surface area contributed by atoms with Gasteiger partial charge in [0.05, 0.1) is 4.90 Å². The van der Waals surface area contributed by atoms with Crippen molar-refractivity contribution in [2.75, 3.05) is 13.2 Å². The van der Waals surface area contributed by atoms with Gasteiger partial charge < -0.3 is 4.74 Å². The fourth-order valence-electron chi connectivity index (χ4n) is 2.21. The number of hydrogen-bond acceptors (Lipinski definition) is 5. The van der Waals surface area contributed by atoms with Crippen LogP contribution in [0, 0.1) is 13.8 Å². The summed E-state index contributed by atoms with van der Waals surface area (Å²) >= 11 is 3.21. The van der Waals surface area contributed by atoms with Gasteiger partial charge in [0.1, 0.15) is 5.75 Å². The molecule has 29 heavy (non-hydrogen) atoms. The van der Waals surface area contributed by atoms with Gasteiger partial charge in [-0.2, -0.15) is 0 Å². The lowest BCUT2D eigenvalue weighted by Crippen LogP contribution is -2.44. The van der Waals surface area contributed by atoms with Crippen molar-refractivity contribution in [3.63, 3.8) is 0 Å². The first kappa shape index (κ1) is 22.9. The van der Waals surface area contributed by atoms with Gasteiger partial charge in [0.2, 0.25) is 15.9 Å². The average Bonchev–Trinajstić information content (AvgIpc) is 2.67. The van der Waals surface area contributed by atoms with E-state index in [9.17, 15) is 18.0 Å². The Morgan fingerprint density at radius 1 is 1.00 bits per heavy atom. The van der Waals surface area contributed by atoms with Gasteiger partial charge in [0, 0.05) is 17.4 Å². The standard InChI is InChI=1S/C19H22BrN3O5S/c1-13-6-7-16(10-14(13)2)28-12-19(25)23-22-18(24)8-9-21-29(26,27)17-5-3-4-15(20)11-17/h3-7,10-11,21H,8-9,12H2,1-2H3,(H,22,24)(H,23,25). The van der Waals surface area contributed by atoms with Crippen molar-refractivity contribution in [1.29, 1.82) is 0 Å². The number of amides is 2. The Morgan fingerprint density at radius 3 is 2.41 bits per heavy atom. The Balaban J connectivity index is 1.69. The van der Waals surface area contributed by atoms with Crippen LogP contribution >= 0.6 is 15.9 Å². The molecule has 2 rings (SSSR count). The minimum Gasteiger partial charge on any atom is -0.484 e. The van der Waals surface area contributed by atoms with Crippen LogP contribution in [0.2, 0.25) is 0 Å². The molecule has 0 aliphatic heterocycles. The van der Waals surface area contributed by atoms with E-state index in [1.165, 1.54) is 12.1 Å². The van der Waals surface area contributed by atoms with Crippen molar-refractivity contribution < 1.29 is 22.7 Å². The summed E-state index contributed by atoms with van der Waals surface area (Å²) in [6.07, 6.45) is -0.147. The normalized spacial score (nSPS) is 11.0. The van der Waals surface area contributed by atoms with Gasteiger partial charge >= 0.3 is 0 Å². The van der Waals surface area contributed by atoms with Crippen molar-refractivity contribution in [2.24, 2.45) is 0 Å². The third-order valence-electron chi connectivity index (χ3n) is 3.94. The molecule has 0 aliphatic carbocycles. The van der Waals surface area contributed by atoms with Gasteiger partial charge in [-0.25, -0.2) is 13.1 Å². The molecule has 0 atom stereocenters. The second-order valence-electron chi connectivity index (χ2n) is 6.24. The van der Waals surface area contributed by atoms with Crippen molar-refractivity contribution in [1.82, 2.24) is 15.6 Å². The molecule has 2 aromatic carbocycles. The lowest BCUT2D eigenvalue weighted by atomic mass is 10.1. The van der Waals surface area contributed by atoms with Crippen LogP contribution < -0.4 is 20.3 Å². The predicted octanol–water partition coefficient (Wildman–Crippen LogP) is 1.96. The largest absolute Gasteiger partial charge is 0.484 e. The topological polar surface area (TPSA) is 114 Å². The Morgan fingerprint density at radius 2 is 1.72 bits per heavy atom. The first-order valence-corrected chi connectivity index (χ1v) is 11.0. The maximum atomic E-state index is 12.1. The number of sulfonamides is 1. The second-order valence-corrected chi connectivity index (χ2v) is 8.92. The summed E-state index contributed by atoms with van der Waals surface area (Å²) in [6.45, 7) is 3.53. The van der Waals surface area contributed by atoms with E-state index in [4.69, 9.17) is 4.74 Å². The van der Waals surface area contributed by atoms with Crippen LogP contribution in [0.4, 0.5) is 0 Å². The summed E-state index contributed by atoms with van der Waals surface area (Å²) in [4.78, 5) is 23.6. The molecule has 8 nitrogen and oxygen atoms in total. The summed E-state index contributed by atoms with van der Waals surface area (Å²) in [5.41, 5.74) is 6.59. The van der Waals surface area contributed by atoms with Gasteiger partial charge in [-0.15, -0.1) is 0 Å². The fraction of sp³-hybridized carbons (Fsp3) is 0.263. The quantitative estimate of drug-likeness (QED) is 0.496. The molecule has 0 heterocycles. The van der Waals surface area contributed by atoms with Crippen LogP contribution in [0.3, 0.4) is 0 Å². The SMILES string of the molecule is Cc1ccc(OCC(=O)NNC(=O)CCNS(=O)(=O)c2cccc(Br)c2)cc1C. The van der Waals surface area contributed by atoms with Gasteiger partial charge in [0.15, 0.2) is 6.61 Å². The third kappa shape index (κ3) is 7.48. The van der Waals surface area contributed by atoms with E-state index in [0.717, 1.165) is 11.1 Å². The zero-order valence-electron chi connectivity index (χ0n) is 16.0. The zero-order chi connectivity index (χ0) is 21.4. The van der Waals surface area contributed by atoms with Crippen molar-refractivity contribution >= 4 is 37.8 Å². The van der Waals surface area contributed by atoms with E-state index in [1.807, 2.05) is 26.0 Å². The van der Waals surface area contributed by atoms with Crippen LogP contribution in [0.1, 0.15) is 17.5 Å². The molecular weight excluding hydrogens is 462 g/mol. The highest BCUT2D eigenvalue weighted by molar-refractivity contribution is 9.10. The first-order chi connectivity index (χ1) is 13.7. The Hall–Kier alpha value is -2.43. The van der Waals surface area contributed by atoms with E-state index in [2.05, 4.69) is 31.5 Å². The van der Waals surface area contributed by atoms with Gasteiger partial charge in [-0.05, 0) is 55.3 Å². The monoisotopic (exact) mass is 483 g/mol. The maximum Gasteiger partial charge on any atom is 0.276 e. The van der Waals surface area contributed by atoms with E-state index in [0.29, 0.717) is 10.2 Å². The molecule has 10 heteroatoms. The van der Waals surface area contributed by atoms with E-state index in [-0.39, 0.29) is 24.5 Å². The molecule has 0 aliphatic rings. The molecule has 3 N–H and O–H groups in total. The highest BCUT2D eigenvalue weighted by Gasteiger charge is 2.14. The highest BCUT2D eigenvalue weighted by atomic mass is 79.9. The molecule has 156 valence electrons. The number of carbonyl (C=O) groups is 2. The van der Waals surface area contributed by atoms with E-state index < -0.39 is 21.8 Å². The van der Waals surface area contributed by atoms with Crippen LogP contribution in [0.25, 0.3) is 0 Å². The number of aryl methyl sites for hydroxylation is 2.